The highest BCUT2D eigenvalue weighted by atomic mass is 32.2. The zero-order chi connectivity index (χ0) is 19.4. The molecule has 1 atom stereocenters. The molecule has 0 saturated heterocycles. The number of hydrogen-bond donors (Lipinski definition) is 1. The van der Waals surface area contributed by atoms with Gasteiger partial charge in [0.1, 0.15) is 13.2 Å². The van der Waals surface area contributed by atoms with Gasteiger partial charge in [-0.1, -0.05) is 13.8 Å². The van der Waals surface area contributed by atoms with Crippen molar-refractivity contribution in [2.45, 2.75) is 30.9 Å². The Labute approximate surface area is 163 Å². The molecule has 0 bridgehead atoms. The molecular formula is C21H23NO4S. The molecule has 1 amide bonds. The van der Waals surface area contributed by atoms with Crippen LogP contribution in [0.25, 0.3) is 0 Å². The van der Waals surface area contributed by atoms with Gasteiger partial charge >= 0.3 is 0 Å². The summed E-state index contributed by atoms with van der Waals surface area (Å²) >= 11 is 1.48. The first-order valence-electron chi connectivity index (χ1n) is 8.95. The molecule has 0 aliphatic carbocycles. The smallest absolute Gasteiger partial charge is 0.226 e. The van der Waals surface area contributed by atoms with Gasteiger partial charge in [-0.3, -0.25) is 9.59 Å². The van der Waals surface area contributed by atoms with Crippen LogP contribution in [0.3, 0.4) is 0 Å². The Balaban J connectivity index is 1.64. The molecule has 2 aromatic rings. The SMILES string of the molecule is CC(C)C(=O)Nc1ccc(C(=O)C(C)Sc2ccc3c(c2)OCCO3)cc1. The Hall–Kier alpha value is -2.47. The average Bonchev–Trinajstić information content (AvgIpc) is 2.67. The average molecular weight is 385 g/mol. The molecule has 1 aliphatic rings. The second-order valence-corrected chi connectivity index (χ2v) is 8.07. The fraction of sp³-hybridized carbons (Fsp3) is 0.333. The number of carbonyl (C=O) groups is 2. The molecule has 1 N–H and O–H groups in total. The first kappa shape index (κ1) is 19.3. The minimum atomic E-state index is -0.247. The van der Waals surface area contributed by atoms with Crippen molar-refractivity contribution < 1.29 is 19.1 Å². The van der Waals surface area contributed by atoms with Gasteiger partial charge in [0, 0.05) is 22.1 Å². The molecule has 27 heavy (non-hydrogen) atoms. The van der Waals surface area contributed by atoms with Gasteiger partial charge in [-0.15, -0.1) is 11.8 Å². The second kappa shape index (κ2) is 8.48. The quantitative estimate of drug-likeness (QED) is 0.589. The summed E-state index contributed by atoms with van der Waals surface area (Å²) in [6.45, 7) is 6.66. The van der Waals surface area contributed by atoms with Gasteiger partial charge in [0.15, 0.2) is 17.3 Å². The van der Waals surface area contributed by atoms with E-state index in [4.69, 9.17) is 9.47 Å². The van der Waals surface area contributed by atoms with Gasteiger partial charge < -0.3 is 14.8 Å². The van der Waals surface area contributed by atoms with Crippen LogP contribution < -0.4 is 14.8 Å². The van der Waals surface area contributed by atoms with Crippen LogP contribution in [-0.2, 0) is 4.79 Å². The van der Waals surface area contributed by atoms with Crippen LogP contribution >= 0.6 is 11.8 Å². The van der Waals surface area contributed by atoms with Crippen LogP contribution in [0.15, 0.2) is 47.4 Å². The monoisotopic (exact) mass is 385 g/mol. The topological polar surface area (TPSA) is 64.6 Å². The largest absolute Gasteiger partial charge is 0.486 e. The van der Waals surface area contributed by atoms with E-state index in [1.807, 2.05) is 39.0 Å². The fourth-order valence-electron chi connectivity index (χ4n) is 2.59. The number of ether oxygens (including phenoxy) is 2. The predicted molar refractivity (Wildman–Crippen MR) is 107 cm³/mol. The normalized spacial score (nSPS) is 13.9. The first-order chi connectivity index (χ1) is 12.9. The summed E-state index contributed by atoms with van der Waals surface area (Å²) in [7, 11) is 0. The van der Waals surface area contributed by atoms with Crippen LogP contribution in [0.5, 0.6) is 11.5 Å². The van der Waals surface area contributed by atoms with Crippen molar-refractivity contribution >= 4 is 29.1 Å². The van der Waals surface area contributed by atoms with E-state index >= 15 is 0 Å². The van der Waals surface area contributed by atoms with E-state index in [1.54, 1.807) is 24.3 Å². The zero-order valence-corrected chi connectivity index (χ0v) is 16.5. The van der Waals surface area contributed by atoms with E-state index in [2.05, 4.69) is 5.32 Å². The number of amides is 1. The summed E-state index contributed by atoms with van der Waals surface area (Å²) in [6.07, 6.45) is 0. The lowest BCUT2D eigenvalue weighted by Gasteiger charge is -2.19. The summed E-state index contributed by atoms with van der Waals surface area (Å²) in [5.74, 6) is 1.36. The van der Waals surface area contributed by atoms with Crippen molar-refractivity contribution in [2.75, 3.05) is 18.5 Å². The third-order valence-corrected chi connectivity index (χ3v) is 5.25. The van der Waals surface area contributed by atoms with Gasteiger partial charge in [0.2, 0.25) is 5.91 Å². The molecule has 142 valence electrons. The van der Waals surface area contributed by atoms with E-state index in [-0.39, 0.29) is 22.9 Å². The number of nitrogens with one attached hydrogen (secondary N) is 1. The fourth-order valence-corrected chi connectivity index (χ4v) is 3.57. The van der Waals surface area contributed by atoms with Gasteiger partial charge in [0.05, 0.1) is 5.25 Å². The van der Waals surface area contributed by atoms with E-state index in [1.165, 1.54) is 11.8 Å². The third-order valence-electron chi connectivity index (χ3n) is 4.16. The van der Waals surface area contributed by atoms with E-state index < -0.39 is 0 Å². The molecule has 3 rings (SSSR count). The summed E-state index contributed by atoms with van der Waals surface area (Å²) in [5, 5.41) is 2.58. The maximum absolute atomic E-state index is 12.7. The molecule has 5 nitrogen and oxygen atoms in total. The molecule has 0 radical (unpaired) electrons. The summed E-state index contributed by atoms with van der Waals surface area (Å²) < 4.78 is 11.1. The van der Waals surface area contributed by atoms with Crippen LogP contribution in [0.2, 0.25) is 0 Å². The molecule has 6 heteroatoms. The molecule has 2 aromatic carbocycles. The lowest BCUT2D eigenvalue weighted by Crippen LogP contribution is -2.18. The minimum Gasteiger partial charge on any atom is -0.486 e. The highest BCUT2D eigenvalue weighted by molar-refractivity contribution is 8.00. The van der Waals surface area contributed by atoms with Crippen molar-refractivity contribution in [3.63, 3.8) is 0 Å². The molecule has 1 aliphatic heterocycles. The number of fused-ring (bicyclic) bond motifs is 1. The minimum absolute atomic E-state index is 0.0385. The van der Waals surface area contributed by atoms with E-state index in [0.717, 1.165) is 16.4 Å². The van der Waals surface area contributed by atoms with Crippen molar-refractivity contribution in [1.29, 1.82) is 0 Å². The van der Waals surface area contributed by atoms with Crippen molar-refractivity contribution in [3.8, 4) is 11.5 Å². The Kier molecular flexibility index (Phi) is 6.06. The Morgan fingerprint density at radius 2 is 1.63 bits per heavy atom. The number of hydrogen-bond acceptors (Lipinski definition) is 5. The van der Waals surface area contributed by atoms with E-state index in [9.17, 15) is 9.59 Å². The standard InChI is InChI=1S/C21H23NO4S/c1-13(2)21(24)22-16-6-4-15(5-7-16)20(23)14(3)27-17-8-9-18-19(12-17)26-11-10-25-18/h4-9,12-14H,10-11H2,1-3H3,(H,22,24). The second-order valence-electron chi connectivity index (χ2n) is 6.65. The molecule has 0 aromatic heterocycles. The Morgan fingerprint density at radius 3 is 2.30 bits per heavy atom. The Morgan fingerprint density at radius 1 is 0.963 bits per heavy atom. The van der Waals surface area contributed by atoms with Gasteiger partial charge in [0.25, 0.3) is 0 Å². The number of Topliss-reactive ketones (excluding diaryl/α,β-unsaturated/α-hetero) is 1. The van der Waals surface area contributed by atoms with Crippen LogP contribution in [0.1, 0.15) is 31.1 Å². The molecule has 0 spiro atoms. The number of ketones is 1. The summed E-state index contributed by atoms with van der Waals surface area (Å²) in [4.78, 5) is 25.4. The number of rotatable bonds is 6. The van der Waals surface area contributed by atoms with Crippen LogP contribution in [0, 0.1) is 5.92 Å². The van der Waals surface area contributed by atoms with Crippen molar-refractivity contribution in [1.82, 2.24) is 0 Å². The highest BCUT2D eigenvalue weighted by Crippen LogP contribution is 2.36. The zero-order valence-electron chi connectivity index (χ0n) is 15.7. The first-order valence-corrected chi connectivity index (χ1v) is 9.83. The van der Waals surface area contributed by atoms with E-state index in [0.29, 0.717) is 24.5 Å². The van der Waals surface area contributed by atoms with Crippen LogP contribution in [0.4, 0.5) is 5.69 Å². The lowest BCUT2D eigenvalue weighted by atomic mass is 10.1. The number of carbonyl (C=O) groups excluding carboxylic acids is 2. The van der Waals surface area contributed by atoms with Crippen molar-refractivity contribution in [3.05, 3.63) is 48.0 Å². The number of thioether (sulfide) groups is 1. The molecule has 1 heterocycles. The summed E-state index contributed by atoms with van der Waals surface area (Å²) in [6, 6.07) is 12.7. The summed E-state index contributed by atoms with van der Waals surface area (Å²) in [5.41, 5.74) is 1.31. The Bertz CT molecular complexity index is 833. The maximum atomic E-state index is 12.7. The third kappa shape index (κ3) is 4.83. The predicted octanol–water partition coefficient (Wildman–Crippen LogP) is 4.42. The lowest BCUT2D eigenvalue weighted by molar-refractivity contribution is -0.118. The van der Waals surface area contributed by atoms with Gasteiger partial charge in [-0.2, -0.15) is 0 Å². The number of anilines is 1. The molecule has 0 fully saturated rings. The highest BCUT2D eigenvalue weighted by Gasteiger charge is 2.19. The maximum Gasteiger partial charge on any atom is 0.226 e. The van der Waals surface area contributed by atoms with Gasteiger partial charge in [-0.05, 0) is 49.4 Å². The molecular weight excluding hydrogens is 362 g/mol. The molecule has 1 unspecified atom stereocenters. The van der Waals surface area contributed by atoms with Gasteiger partial charge in [-0.25, -0.2) is 0 Å². The van der Waals surface area contributed by atoms with Crippen molar-refractivity contribution in [2.24, 2.45) is 5.92 Å². The number of benzene rings is 2. The van der Waals surface area contributed by atoms with Crippen LogP contribution in [-0.4, -0.2) is 30.2 Å². The molecule has 0 saturated carbocycles.